The highest BCUT2D eigenvalue weighted by Gasteiger charge is 2.63. The van der Waals surface area contributed by atoms with Gasteiger partial charge in [0.25, 0.3) is 0 Å². The third-order valence-electron chi connectivity index (χ3n) is 3.08. The predicted octanol–water partition coefficient (Wildman–Crippen LogP) is 1.64. The molecule has 0 aromatic rings. The molecule has 0 amide bonds. The minimum absolute atomic E-state index is 0. The van der Waals surface area contributed by atoms with E-state index in [0.717, 1.165) is 0 Å². The van der Waals surface area contributed by atoms with E-state index in [1.807, 2.05) is 0 Å². The van der Waals surface area contributed by atoms with Crippen LogP contribution in [0, 0.1) is 5.41 Å². The van der Waals surface area contributed by atoms with E-state index in [1.165, 1.54) is 0 Å². The Labute approximate surface area is 85.9 Å². The maximum Gasteiger partial charge on any atom is 0.402 e. The molecule has 0 aromatic carbocycles. The van der Waals surface area contributed by atoms with Gasteiger partial charge < -0.3 is 4.90 Å². The molecule has 0 N–H and O–H groups in total. The zero-order valence-corrected chi connectivity index (χ0v) is 8.25. The Morgan fingerprint density at radius 3 is 2.43 bits per heavy atom. The van der Waals surface area contributed by atoms with E-state index >= 15 is 0 Å². The Hall–Kier alpha value is -0.290. The maximum absolute atomic E-state index is 12.6. The lowest BCUT2D eigenvalue weighted by atomic mass is 9.79. The van der Waals surface area contributed by atoms with Gasteiger partial charge in [-0.05, 0) is 13.0 Å². The number of halogens is 4. The van der Waals surface area contributed by atoms with Crippen LogP contribution in [-0.4, -0.2) is 36.5 Å². The van der Waals surface area contributed by atoms with Gasteiger partial charge >= 0.3 is 6.18 Å². The van der Waals surface area contributed by atoms with Gasteiger partial charge in [0, 0.05) is 19.5 Å². The van der Waals surface area contributed by atoms with Crippen LogP contribution in [0.2, 0.25) is 0 Å². The zero-order chi connectivity index (χ0) is 9.69. The number of hydrogen-bond donors (Lipinski definition) is 0. The topological polar surface area (TPSA) is 20.3 Å². The Morgan fingerprint density at radius 1 is 1.29 bits per heavy atom. The fourth-order valence-electron chi connectivity index (χ4n) is 2.20. The lowest BCUT2D eigenvalue weighted by Gasteiger charge is -2.33. The summed E-state index contributed by atoms with van der Waals surface area (Å²) < 4.78 is 37.9. The number of rotatable bonds is 0. The van der Waals surface area contributed by atoms with Gasteiger partial charge in [-0.15, -0.1) is 12.4 Å². The van der Waals surface area contributed by atoms with Crippen molar-refractivity contribution in [2.24, 2.45) is 5.41 Å². The average molecular weight is 230 g/mol. The Morgan fingerprint density at radius 2 is 1.93 bits per heavy atom. The Balaban J connectivity index is 0.000000980. The van der Waals surface area contributed by atoms with Crippen molar-refractivity contribution in [1.82, 2.24) is 4.90 Å². The first-order chi connectivity index (χ1) is 5.96. The van der Waals surface area contributed by atoms with Crippen LogP contribution in [0.25, 0.3) is 0 Å². The standard InChI is InChI=1S/C8H10F3NO.ClH/c9-8(10,11)7-2-4-12(5-7)3-1-6(7)13;/h1-5H2;1H. The second-order valence-corrected chi connectivity index (χ2v) is 3.78. The van der Waals surface area contributed by atoms with Gasteiger partial charge in [-0.3, -0.25) is 4.79 Å². The molecule has 2 aliphatic heterocycles. The second kappa shape index (κ2) is 3.38. The van der Waals surface area contributed by atoms with Crippen molar-refractivity contribution < 1.29 is 18.0 Å². The van der Waals surface area contributed by atoms with E-state index in [-0.39, 0.29) is 31.8 Å². The van der Waals surface area contributed by atoms with Gasteiger partial charge in [0.15, 0.2) is 5.78 Å². The molecule has 2 fully saturated rings. The summed E-state index contributed by atoms with van der Waals surface area (Å²) in [6.07, 6.45) is -4.35. The zero-order valence-electron chi connectivity index (χ0n) is 7.43. The van der Waals surface area contributed by atoms with Crippen LogP contribution in [0.4, 0.5) is 13.2 Å². The van der Waals surface area contributed by atoms with Crippen molar-refractivity contribution in [2.45, 2.75) is 19.0 Å². The number of Topliss-reactive ketones (excluding diaryl/α,β-unsaturated/α-hetero) is 1. The first-order valence-electron chi connectivity index (χ1n) is 4.28. The number of hydrogen-bond acceptors (Lipinski definition) is 2. The lowest BCUT2D eigenvalue weighted by molar-refractivity contribution is -0.219. The quantitative estimate of drug-likeness (QED) is 0.629. The van der Waals surface area contributed by atoms with Gasteiger partial charge in [0.05, 0.1) is 0 Å². The largest absolute Gasteiger partial charge is 0.402 e. The van der Waals surface area contributed by atoms with Crippen molar-refractivity contribution in [3.63, 3.8) is 0 Å². The Kier molecular flexibility index (Phi) is 2.84. The first kappa shape index (κ1) is 11.8. The molecule has 0 saturated carbocycles. The molecule has 0 radical (unpaired) electrons. The molecule has 2 bridgehead atoms. The van der Waals surface area contributed by atoms with Gasteiger partial charge in [-0.25, -0.2) is 0 Å². The summed E-state index contributed by atoms with van der Waals surface area (Å²) in [5, 5.41) is 0. The van der Waals surface area contributed by atoms with Gasteiger partial charge in [0.1, 0.15) is 5.41 Å². The van der Waals surface area contributed by atoms with Crippen LogP contribution in [-0.2, 0) is 4.79 Å². The number of alkyl halides is 3. The number of ketones is 1. The minimum atomic E-state index is -4.36. The number of carbonyl (C=O) groups excluding carboxylic acids is 1. The fourth-order valence-corrected chi connectivity index (χ4v) is 2.20. The fraction of sp³-hybridized carbons (Fsp3) is 0.875. The molecule has 2 atom stereocenters. The maximum atomic E-state index is 12.6. The number of piperidine rings is 1. The molecule has 2 saturated heterocycles. The predicted molar refractivity (Wildman–Crippen MR) is 46.4 cm³/mol. The number of fused-ring (bicyclic) bond motifs is 2. The third kappa shape index (κ3) is 1.42. The molecule has 2 nitrogen and oxygen atoms in total. The summed E-state index contributed by atoms with van der Waals surface area (Å²) in [7, 11) is 0. The van der Waals surface area contributed by atoms with E-state index in [1.54, 1.807) is 4.90 Å². The minimum Gasteiger partial charge on any atom is -0.302 e. The van der Waals surface area contributed by atoms with E-state index in [0.29, 0.717) is 13.1 Å². The number of carbonyl (C=O) groups is 1. The normalized spacial score (nSPS) is 36.8. The SMILES string of the molecule is Cl.O=C1CCN2CCC1(C(F)(F)F)C2. The smallest absolute Gasteiger partial charge is 0.302 e. The van der Waals surface area contributed by atoms with Crippen molar-refractivity contribution in [2.75, 3.05) is 19.6 Å². The monoisotopic (exact) mass is 229 g/mol. The first-order valence-corrected chi connectivity index (χ1v) is 4.28. The molecular weight excluding hydrogens is 219 g/mol. The van der Waals surface area contributed by atoms with Crippen LogP contribution >= 0.6 is 12.4 Å². The molecule has 82 valence electrons. The van der Waals surface area contributed by atoms with Crippen molar-refractivity contribution in [1.29, 1.82) is 0 Å². The van der Waals surface area contributed by atoms with Crippen LogP contribution in [0.3, 0.4) is 0 Å². The lowest BCUT2D eigenvalue weighted by Crippen LogP contribution is -2.50. The molecule has 14 heavy (non-hydrogen) atoms. The Bertz CT molecular complexity index is 255. The summed E-state index contributed by atoms with van der Waals surface area (Å²) in [4.78, 5) is 13.0. The highest BCUT2D eigenvalue weighted by molar-refractivity contribution is 5.87. The van der Waals surface area contributed by atoms with Crippen LogP contribution < -0.4 is 0 Å². The third-order valence-corrected chi connectivity index (χ3v) is 3.08. The van der Waals surface area contributed by atoms with Gasteiger partial charge in [0.2, 0.25) is 0 Å². The van der Waals surface area contributed by atoms with Crippen LogP contribution in [0.5, 0.6) is 0 Å². The summed E-state index contributed by atoms with van der Waals surface area (Å²) in [5.41, 5.74) is -2.02. The number of nitrogens with zero attached hydrogens (tertiary/aromatic N) is 1. The summed E-state index contributed by atoms with van der Waals surface area (Å²) in [6, 6.07) is 0. The van der Waals surface area contributed by atoms with Crippen molar-refractivity contribution in [3.8, 4) is 0 Å². The highest BCUT2D eigenvalue weighted by Crippen LogP contribution is 2.48. The summed E-state index contributed by atoms with van der Waals surface area (Å²) in [5.74, 6) is -0.617. The molecule has 0 spiro atoms. The van der Waals surface area contributed by atoms with Gasteiger partial charge in [-0.1, -0.05) is 0 Å². The van der Waals surface area contributed by atoms with Gasteiger partial charge in [-0.2, -0.15) is 13.2 Å². The summed E-state index contributed by atoms with van der Waals surface area (Å²) >= 11 is 0. The van der Waals surface area contributed by atoms with Crippen LogP contribution in [0.15, 0.2) is 0 Å². The van der Waals surface area contributed by atoms with E-state index in [2.05, 4.69) is 0 Å². The molecular formula is C8H11ClF3NO. The molecule has 2 aliphatic rings. The highest BCUT2D eigenvalue weighted by atomic mass is 35.5. The second-order valence-electron chi connectivity index (χ2n) is 3.78. The molecule has 0 aromatic heterocycles. The molecule has 0 aliphatic carbocycles. The van der Waals surface area contributed by atoms with E-state index in [9.17, 15) is 18.0 Å². The summed E-state index contributed by atoms with van der Waals surface area (Å²) in [6.45, 7) is 0.789. The van der Waals surface area contributed by atoms with Crippen molar-refractivity contribution in [3.05, 3.63) is 0 Å². The van der Waals surface area contributed by atoms with Crippen LogP contribution in [0.1, 0.15) is 12.8 Å². The molecule has 2 rings (SSSR count). The molecule has 6 heteroatoms. The van der Waals surface area contributed by atoms with E-state index < -0.39 is 17.4 Å². The average Bonchev–Trinajstić information content (AvgIpc) is 2.38. The van der Waals surface area contributed by atoms with Crippen molar-refractivity contribution >= 4 is 18.2 Å². The molecule has 2 unspecified atom stereocenters. The van der Waals surface area contributed by atoms with E-state index in [4.69, 9.17) is 0 Å². The molecule has 2 heterocycles.